The molecule has 3 atom stereocenters. The standard InChI is InChI=1S/C22H36N4O4/c1-6-11-23-19(27)16(2)25-12-7-9-17(15-25)14-24-20(28)18-10-8-13-26(18)21(29)30-22(3,4)5/h1,16-18H,7-15H2,2-5H3,(H,23,27)(H,24,28)/t16-,17-,18+/m0/s1. The maximum Gasteiger partial charge on any atom is 0.410 e. The summed E-state index contributed by atoms with van der Waals surface area (Å²) in [6, 6.07) is -0.734. The van der Waals surface area contributed by atoms with Crippen molar-refractivity contribution in [3.63, 3.8) is 0 Å². The molecule has 0 radical (unpaired) electrons. The van der Waals surface area contributed by atoms with Crippen molar-refractivity contribution in [3.8, 4) is 12.3 Å². The second-order valence-corrected chi connectivity index (χ2v) is 9.18. The average molecular weight is 421 g/mol. The molecule has 8 nitrogen and oxygen atoms in total. The van der Waals surface area contributed by atoms with Crippen LogP contribution in [-0.2, 0) is 14.3 Å². The minimum absolute atomic E-state index is 0.0726. The summed E-state index contributed by atoms with van der Waals surface area (Å²) in [5.41, 5.74) is -0.588. The van der Waals surface area contributed by atoms with E-state index in [4.69, 9.17) is 11.2 Å². The molecule has 0 saturated carbocycles. The van der Waals surface area contributed by atoms with E-state index >= 15 is 0 Å². The number of likely N-dealkylation sites (tertiary alicyclic amines) is 2. The summed E-state index contributed by atoms with van der Waals surface area (Å²) in [7, 11) is 0. The highest BCUT2D eigenvalue weighted by molar-refractivity contribution is 5.86. The quantitative estimate of drug-likeness (QED) is 0.633. The van der Waals surface area contributed by atoms with E-state index in [1.165, 1.54) is 4.90 Å². The number of ether oxygens (including phenoxy) is 1. The Morgan fingerprint density at radius 1 is 1.17 bits per heavy atom. The Bertz CT molecular complexity index is 667. The van der Waals surface area contributed by atoms with Crippen molar-refractivity contribution in [3.05, 3.63) is 0 Å². The van der Waals surface area contributed by atoms with Gasteiger partial charge in [-0.15, -0.1) is 6.42 Å². The van der Waals surface area contributed by atoms with Crippen LogP contribution < -0.4 is 10.6 Å². The van der Waals surface area contributed by atoms with Crippen molar-refractivity contribution in [2.75, 3.05) is 32.7 Å². The summed E-state index contributed by atoms with van der Waals surface area (Å²) in [6.45, 7) is 10.2. The fourth-order valence-electron chi connectivity index (χ4n) is 4.01. The van der Waals surface area contributed by atoms with Crippen molar-refractivity contribution in [2.24, 2.45) is 5.92 Å². The molecular weight excluding hydrogens is 384 g/mol. The molecule has 0 spiro atoms. The van der Waals surface area contributed by atoms with E-state index in [0.29, 0.717) is 19.5 Å². The topological polar surface area (TPSA) is 91.0 Å². The van der Waals surface area contributed by atoms with Crippen molar-refractivity contribution in [1.82, 2.24) is 20.4 Å². The minimum Gasteiger partial charge on any atom is -0.444 e. The van der Waals surface area contributed by atoms with Crippen LogP contribution in [-0.4, -0.2) is 78.1 Å². The molecule has 30 heavy (non-hydrogen) atoms. The molecule has 0 aromatic rings. The molecule has 0 aromatic carbocycles. The lowest BCUT2D eigenvalue weighted by Crippen LogP contribution is -2.52. The molecule has 3 amide bonds. The third kappa shape index (κ3) is 6.91. The van der Waals surface area contributed by atoms with Crippen LogP contribution >= 0.6 is 0 Å². The van der Waals surface area contributed by atoms with Crippen LogP contribution in [0.3, 0.4) is 0 Å². The highest BCUT2D eigenvalue weighted by atomic mass is 16.6. The fraction of sp³-hybridized carbons (Fsp3) is 0.773. The van der Waals surface area contributed by atoms with Gasteiger partial charge in [0.05, 0.1) is 12.6 Å². The van der Waals surface area contributed by atoms with Crippen molar-refractivity contribution in [1.29, 1.82) is 0 Å². The fourth-order valence-corrected chi connectivity index (χ4v) is 4.01. The lowest BCUT2D eigenvalue weighted by Gasteiger charge is -2.36. The Morgan fingerprint density at radius 2 is 1.87 bits per heavy atom. The van der Waals surface area contributed by atoms with Gasteiger partial charge >= 0.3 is 6.09 Å². The first-order chi connectivity index (χ1) is 14.1. The third-order valence-corrected chi connectivity index (χ3v) is 5.59. The molecule has 8 heteroatoms. The van der Waals surface area contributed by atoms with E-state index in [9.17, 15) is 14.4 Å². The van der Waals surface area contributed by atoms with E-state index < -0.39 is 17.7 Å². The van der Waals surface area contributed by atoms with Gasteiger partial charge in [0.25, 0.3) is 0 Å². The van der Waals surface area contributed by atoms with E-state index in [1.807, 2.05) is 27.7 Å². The Kier molecular flexibility index (Phi) is 8.54. The third-order valence-electron chi connectivity index (χ3n) is 5.59. The van der Waals surface area contributed by atoms with Crippen LogP contribution in [0.4, 0.5) is 4.79 Å². The van der Waals surface area contributed by atoms with E-state index in [2.05, 4.69) is 21.5 Å². The number of nitrogens with one attached hydrogen (secondary N) is 2. The van der Waals surface area contributed by atoms with Crippen molar-refractivity contribution < 1.29 is 19.1 Å². The number of terminal acetylenes is 1. The smallest absolute Gasteiger partial charge is 0.410 e. The van der Waals surface area contributed by atoms with Gasteiger partial charge in [0.1, 0.15) is 11.6 Å². The maximum atomic E-state index is 12.8. The zero-order valence-electron chi connectivity index (χ0n) is 18.7. The van der Waals surface area contributed by atoms with E-state index in [0.717, 1.165) is 32.4 Å². The predicted octanol–water partition coefficient (Wildman–Crippen LogP) is 1.35. The number of rotatable bonds is 6. The number of nitrogens with zero attached hydrogens (tertiary/aromatic N) is 2. The molecule has 0 aliphatic carbocycles. The highest BCUT2D eigenvalue weighted by Gasteiger charge is 2.37. The first kappa shape index (κ1) is 24.0. The van der Waals surface area contributed by atoms with E-state index in [-0.39, 0.29) is 30.3 Å². The molecule has 2 aliphatic heterocycles. The second kappa shape index (κ2) is 10.7. The second-order valence-electron chi connectivity index (χ2n) is 9.18. The maximum absolute atomic E-state index is 12.8. The molecule has 0 unspecified atom stereocenters. The van der Waals surface area contributed by atoms with Crippen LogP contribution in [0.25, 0.3) is 0 Å². The molecule has 2 N–H and O–H groups in total. The lowest BCUT2D eigenvalue weighted by molar-refractivity contribution is -0.127. The van der Waals surface area contributed by atoms with Crippen LogP contribution in [0.15, 0.2) is 0 Å². The van der Waals surface area contributed by atoms with Gasteiger partial charge in [0.15, 0.2) is 0 Å². The Labute approximate surface area is 180 Å². The molecule has 2 rings (SSSR count). The number of hydrogen-bond donors (Lipinski definition) is 2. The normalized spacial score (nSPS) is 23.4. The van der Waals surface area contributed by atoms with Crippen molar-refractivity contribution >= 4 is 17.9 Å². The predicted molar refractivity (Wildman–Crippen MR) is 115 cm³/mol. The number of hydrogen-bond acceptors (Lipinski definition) is 5. The largest absolute Gasteiger partial charge is 0.444 e. The number of amides is 3. The number of carbonyl (C=O) groups excluding carboxylic acids is 3. The number of piperidine rings is 1. The SMILES string of the molecule is C#CCNC(=O)[C@H](C)N1CCC[C@@H](CNC(=O)[C@H]2CCCN2C(=O)OC(C)(C)C)C1. The summed E-state index contributed by atoms with van der Waals surface area (Å²) in [4.78, 5) is 41.0. The van der Waals surface area contributed by atoms with Crippen LogP contribution in [0.1, 0.15) is 53.4 Å². The Hall–Kier alpha value is -2.27. The van der Waals surface area contributed by atoms with Gasteiger partial charge in [0.2, 0.25) is 11.8 Å². The molecule has 2 heterocycles. The first-order valence-electron chi connectivity index (χ1n) is 10.8. The summed E-state index contributed by atoms with van der Waals surface area (Å²) in [5, 5.41) is 5.75. The zero-order chi connectivity index (χ0) is 22.3. The molecule has 0 aromatic heterocycles. The summed E-state index contributed by atoms with van der Waals surface area (Å²) in [5.74, 6) is 2.48. The van der Waals surface area contributed by atoms with E-state index in [1.54, 1.807) is 0 Å². The van der Waals surface area contributed by atoms with Crippen LogP contribution in [0.5, 0.6) is 0 Å². The Morgan fingerprint density at radius 3 is 2.53 bits per heavy atom. The van der Waals surface area contributed by atoms with Crippen LogP contribution in [0, 0.1) is 18.3 Å². The van der Waals surface area contributed by atoms with Gasteiger partial charge in [-0.2, -0.15) is 0 Å². The van der Waals surface area contributed by atoms with Gasteiger partial charge < -0.3 is 15.4 Å². The summed E-state index contributed by atoms with van der Waals surface area (Å²) < 4.78 is 5.44. The highest BCUT2D eigenvalue weighted by Crippen LogP contribution is 2.22. The van der Waals surface area contributed by atoms with Crippen LogP contribution in [0.2, 0.25) is 0 Å². The minimum atomic E-state index is -0.588. The zero-order valence-corrected chi connectivity index (χ0v) is 18.7. The summed E-state index contributed by atoms with van der Waals surface area (Å²) in [6.07, 6.45) is 8.18. The van der Waals surface area contributed by atoms with Crippen molar-refractivity contribution in [2.45, 2.75) is 71.1 Å². The molecule has 2 aliphatic rings. The molecule has 2 saturated heterocycles. The lowest BCUT2D eigenvalue weighted by atomic mass is 9.96. The first-order valence-corrected chi connectivity index (χ1v) is 10.8. The van der Waals surface area contributed by atoms with Gasteiger partial charge in [-0.05, 0) is 65.8 Å². The molecule has 168 valence electrons. The molecular formula is C22H36N4O4. The molecule has 2 fully saturated rings. The van der Waals surface area contributed by atoms with Gasteiger partial charge in [-0.25, -0.2) is 4.79 Å². The van der Waals surface area contributed by atoms with Gasteiger partial charge in [-0.3, -0.25) is 19.4 Å². The Balaban J connectivity index is 1.84. The van der Waals surface area contributed by atoms with Gasteiger partial charge in [-0.1, -0.05) is 5.92 Å². The monoisotopic (exact) mass is 420 g/mol. The van der Waals surface area contributed by atoms with Gasteiger partial charge in [0, 0.05) is 19.6 Å². The average Bonchev–Trinajstić information content (AvgIpc) is 3.19. The molecule has 0 bridgehead atoms. The summed E-state index contributed by atoms with van der Waals surface area (Å²) >= 11 is 0. The number of carbonyl (C=O) groups is 3.